The zero-order valence-corrected chi connectivity index (χ0v) is 11.1. The Morgan fingerprint density at radius 3 is 2.80 bits per heavy atom. The zero-order chi connectivity index (χ0) is 14.1. The molecule has 20 heavy (non-hydrogen) atoms. The Morgan fingerprint density at radius 1 is 1.40 bits per heavy atom. The fourth-order valence-corrected chi connectivity index (χ4v) is 2.67. The Hall–Kier alpha value is -2.61. The molecule has 2 atom stereocenters. The number of fused-ring (bicyclic) bond motifs is 1. The Kier molecular flexibility index (Phi) is 2.99. The maximum absolute atomic E-state index is 9.42. The summed E-state index contributed by atoms with van der Waals surface area (Å²) in [7, 11) is 0. The normalized spacial score (nSPS) is 20.9. The summed E-state index contributed by atoms with van der Waals surface area (Å²) in [5, 5.41) is 24.4. The summed E-state index contributed by atoms with van der Waals surface area (Å²) < 4.78 is 5.39. The summed E-state index contributed by atoms with van der Waals surface area (Å²) in [6, 6.07) is 12.0. The van der Waals surface area contributed by atoms with Gasteiger partial charge in [-0.25, -0.2) is 0 Å². The van der Waals surface area contributed by atoms with E-state index in [9.17, 15) is 5.26 Å². The molecule has 0 fully saturated rings. The molecule has 5 nitrogen and oxygen atoms in total. The van der Waals surface area contributed by atoms with Gasteiger partial charge < -0.3 is 4.74 Å². The van der Waals surface area contributed by atoms with Crippen LogP contribution in [0.5, 0.6) is 5.88 Å². The van der Waals surface area contributed by atoms with Crippen LogP contribution in [-0.2, 0) is 6.42 Å². The van der Waals surface area contributed by atoms with E-state index in [1.807, 2.05) is 37.3 Å². The number of nitriles is 1. The largest absolute Gasteiger partial charge is 0.422 e. The Bertz CT molecular complexity index is 684. The van der Waals surface area contributed by atoms with Crippen molar-refractivity contribution in [1.82, 2.24) is 10.2 Å². The first-order valence-electron chi connectivity index (χ1n) is 6.54. The molecule has 0 aliphatic carbocycles. The van der Waals surface area contributed by atoms with Gasteiger partial charge in [0.25, 0.3) is 0 Å². The third kappa shape index (κ3) is 1.77. The van der Waals surface area contributed by atoms with Gasteiger partial charge in [0.05, 0.1) is 6.07 Å². The first-order chi connectivity index (χ1) is 9.76. The highest BCUT2D eigenvalue weighted by atomic mass is 16.5. The molecular formula is C15H14N4O. The minimum Gasteiger partial charge on any atom is -0.422 e. The molecule has 0 saturated heterocycles. The van der Waals surface area contributed by atoms with Crippen LogP contribution >= 0.6 is 0 Å². The van der Waals surface area contributed by atoms with Gasteiger partial charge in [-0.1, -0.05) is 37.3 Å². The van der Waals surface area contributed by atoms with E-state index in [0.29, 0.717) is 5.88 Å². The lowest BCUT2D eigenvalue weighted by Crippen LogP contribution is -2.31. The first-order valence-corrected chi connectivity index (χ1v) is 6.54. The number of benzene rings is 1. The molecule has 1 aromatic heterocycles. The summed E-state index contributed by atoms with van der Waals surface area (Å²) in [6.45, 7) is 2.02. The van der Waals surface area contributed by atoms with E-state index in [1.54, 1.807) is 0 Å². The van der Waals surface area contributed by atoms with Gasteiger partial charge >= 0.3 is 0 Å². The van der Waals surface area contributed by atoms with Gasteiger partial charge in [0, 0.05) is 17.2 Å². The zero-order valence-electron chi connectivity index (χ0n) is 11.1. The standard InChI is InChI=1S/C15H14N4O/c1-2-11-13-12(9-6-4-3-5-7-9)10(8-16)14(17)20-15(13)19-18-11/h3-7,10,12,17H,2H2,1H3,(H,18,19). The SMILES string of the molecule is CCc1[nH]nc2c1C(c1ccccc1)C(C#N)C(=N)O2. The van der Waals surface area contributed by atoms with Gasteiger partial charge in [0.15, 0.2) is 0 Å². The van der Waals surface area contributed by atoms with Crippen molar-refractivity contribution in [3.8, 4) is 11.9 Å². The molecule has 1 aliphatic rings. The predicted molar refractivity (Wildman–Crippen MR) is 73.7 cm³/mol. The summed E-state index contributed by atoms with van der Waals surface area (Å²) in [4.78, 5) is 0. The highest BCUT2D eigenvalue weighted by Crippen LogP contribution is 2.42. The Labute approximate surface area is 116 Å². The summed E-state index contributed by atoms with van der Waals surface area (Å²) >= 11 is 0. The third-order valence-electron chi connectivity index (χ3n) is 3.63. The number of aromatic nitrogens is 2. The van der Waals surface area contributed by atoms with Crippen LogP contribution in [0.2, 0.25) is 0 Å². The molecule has 0 spiro atoms. The molecule has 100 valence electrons. The smallest absolute Gasteiger partial charge is 0.243 e. The molecule has 2 heterocycles. The molecule has 0 saturated carbocycles. The van der Waals surface area contributed by atoms with Crippen LogP contribution in [0.25, 0.3) is 0 Å². The van der Waals surface area contributed by atoms with Crippen molar-refractivity contribution in [1.29, 1.82) is 10.7 Å². The summed E-state index contributed by atoms with van der Waals surface area (Å²) in [5.41, 5.74) is 2.87. The van der Waals surface area contributed by atoms with Crippen LogP contribution in [0.1, 0.15) is 29.7 Å². The minimum atomic E-state index is -0.618. The van der Waals surface area contributed by atoms with Crippen LogP contribution in [0.4, 0.5) is 0 Å². The number of aromatic amines is 1. The number of ether oxygens (including phenoxy) is 1. The molecule has 5 heteroatoms. The van der Waals surface area contributed by atoms with Gasteiger partial charge in [0.2, 0.25) is 11.8 Å². The van der Waals surface area contributed by atoms with E-state index in [0.717, 1.165) is 23.2 Å². The van der Waals surface area contributed by atoms with E-state index in [1.165, 1.54) is 0 Å². The van der Waals surface area contributed by atoms with Crippen molar-refractivity contribution in [3.05, 3.63) is 47.2 Å². The lowest BCUT2D eigenvalue weighted by Gasteiger charge is -2.27. The fraction of sp³-hybridized carbons (Fsp3) is 0.267. The number of hydrogen-bond acceptors (Lipinski definition) is 4. The number of nitrogens with zero attached hydrogens (tertiary/aromatic N) is 2. The number of hydrogen-bond donors (Lipinski definition) is 2. The van der Waals surface area contributed by atoms with Gasteiger partial charge in [-0.3, -0.25) is 10.5 Å². The van der Waals surface area contributed by atoms with Gasteiger partial charge in [-0.05, 0) is 12.0 Å². The molecule has 1 aliphatic heterocycles. The van der Waals surface area contributed by atoms with E-state index >= 15 is 0 Å². The highest BCUT2D eigenvalue weighted by Gasteiger charge is 2.39. The Morgan fingerprint density at radius 2 is 2.15 bits per heavy atom. The van der Waals surface area contributed by atoms with E-state index < -0.39 is 5.92 Å². The predicted octanol–water partition coefficient (Wildman–Crippen LogP) is 2.61. The van der Waals surface area contributed by atoms with Crippen molar-refractivity contribution in [2.75, 3.05) is 0 Å². The second-order valence-corrected chi connectivity index (χ2v) is 4.74. The average Bonchev–Trinajstić information content (AvgIpc) is 2.89. The number of aryl methyl sites for hydroxylation is 1. The Balaban J connectivity index is 2.21. The molecular weight excluding hydrogens is 252 g/mol. The molecule has 0 radical (unpaired) electrons. The van der Waals surface area contributed by atoms with Crippen LogP contribution in [0.3, 0.4) is 0 Å². The number of H-pyrrole nitrogens is 1. The fourth-order valence-electron chi connectivity index (χ4n) is 2.67. The second-order valence-electron chi connectivity index (χ2n) is 4.74. The maximum atomic E-state index is 9.42. The number of rotatable bonds is 2. The van der Waals surface area contributed by atoms with E-state index in [2.05, 4.69) is 16.3 Å². The molecule has 2 N–H and O–H groups in total. The molecule has 0 bridgehead atoms. The second kappa shape index (κ2) is 4.82. The van der Waals surface area contributed by atoms with Crippen molar-refractivity contribution in [3.63, 3.8) is 0 Å². The van der Waals surface area contributed by atoms with Gasteiger partial charge in [-0.2, -0.15) is 5.26 Å². The quantitative estimate of drug-likeness (QED) is 0.876. The third-order valence-corrected chi connectivity index (χ3v) is 3.63. The molecule has 1 aromatic carbocycles. The summed E-state index contributed by atoms with van der Waals surface area (Å²) in [5.74, 6) is -0.436. The molecule has 2 unspecified atom stereocenters. The van der Waals surface area contributed by atoms with Crippen LogP contribution in [0.15, 0.2) is 30.3 Å². The number of nitrogens with one attached hydrogen (secondary N) is 2. The molecule has 0 amide bonds. The highest BCUT2D eigenvalue weighted by molar-refractivity contribution is 5.84. The van der Waals surface area contributed by atoms with E-state index in [-0.39, 0.29) is 11.8 Å². The van der Waals surface area contributed by atoms with Crippen molar-refractivity contribution < 1.29 is 4.74 Å². The molecule has 2 aromatic rings. The van der Waals surface area contributed by atoms with Crippen LogP contribution in [0, 0.1) is 22.7 Å². The van der Waals surface area contributed by atoms with Crippen LogP contribution in [-0.4, -0.2) is 16.1 Å². The lowest BCUT2D eigenvalue weighted by molar-refractivity contribution is 0.436. The van der Waals surface area contributed by atoms with Gasteiger partial charge in [0.1, 0.15) is 5.92 Å². The van der Waals surface area contributed by atoms with E-state index in [4.69, 9.17) is 10.1 Å². The van der Waals surface area contributed by atoms with Crippen LogP contribution < -0.4 is 4.74 Å². The minimum absolute atomic E-state index is 0.0389. The average molecular weight is 266 g/mol. The first kappa shape index (κ1) is 12.4. The van der Waals surface area contributed by atoms with Crippen molar-refractivity contribution >= 4 is 5.90 Å². The molecule has 3 rings (SSSR count). The van der Waals surface area contributed by atoms with Gasteiger partial charge in [-0.15, -0.1) is 5.10 Å². The topological polar surface area (TPSA) is 85.5 Å². The van der Waals surface area contributed by atoms with Crippen molar-refractivity contribution in [2.45, 2.75) is 19.3 Å². The monoisotopic (exact) mass is 266 g/mol. The van der Waals surface area contributed by atoms with Crippen molar-refractivity contribution in [2.24, 2.45) is 5.92 Å². The maximum Gasteiger partial charge on any atom is 0.243 e. The lowest BCUT2D eigenvalue weighted by atomic mass is 9.79. The summed E-state index contributed by atoms with van der Waals surface area (Å²) in [6.07, 6.45) is 0.778.